The van der Waals surface area contributed by atoms with Crippen molar-refractivity contribution in [2.45, 2.75) is 299 Å². The maximum atomic E-state index is 13.1. The average molecular weight is 986 g/mol. The van der Waals surface area contributed by atoms with Crippen LogP contribution in [0.3, 0.4) is 0 Å². The lowest BCUT2D eigenvalue weighted by atomic mass is 9.97. The maximum absolute atomic E-state index is 13.1. The number of hydrogen-bond acceptors (Lipinski definition) is 13. The second-order valence-corrected chi connectivity index (χ2v) is 20.1. The smallest absolute Gasteiger partial charge is 0.220 e. The van der Waals surface area contributed by atoms with Crippen molar-refractivity contribution in [2.75, 3.05) is 19.8 Å². The largest absolute Gasteiger partial charge is 0.394 e. The molecule has 12 atom stereocenters. The maximum Gasteiger partial charge on any atom is 0.220 e. The summed E-state index contributed by atoms with van der Waals surface area (Å²) in [7, 11) is 0. The zero-order valence-corrected chi connectivity index (χ0v) is 43.3. The first kappa shape index (κ1) is 63.6. The van der Waals surface area contributed by atoms with Crippen LogP contribution in [0, 0.1) is 0 Å². The summed E-state index contributed by atoms with van der Waals surface area (Å²) in [6.07, 6.45) is 31.2. The minimum atomic E-state index is -1.79. The van der Waals surface area contributed by atoms with E-state index in [4.69, 9.17) is 18.9 Å². The van der Waals surface area contributed by atoms with E-state index in [0.717, 1.165) is 32.1 Å². The first-order chi connectivity index (χ1) is 33.6. The van der Waals surface area contributed by atoms with Gasteiger partial charge in [0.05, 0.1) is 32.0 Å². The quantitative estimate of drug-likeness (QED) is 0.0206. The molecule has 0 aromatic heterocycles. The molecule has 0 aromatic carbocycles. The van der Waals surface area contributed by atoms with E-state index >= 15 is 0 Å². The van der Waals surface area contributed by atoms with Crippen LogP contribution >= 0.6 is 0 Å². The standard InChI is InChI=1S/C55H103NO13/c1-3-5-7-9-11-13-14-15-16-17-18-19-20-21-22-23-24-25-26-27-28-29-30-31-32-34-36-38-44(59)43(56-47(60)39-37-35-33-12-10-8-6-4-2)42-66-54-52(65)50(63)53(46(41-58)68-54)69-55-51(64)49(62)48(61)45(40-57)67-55/h30-31,36,38,43-46,48-55,57-59,61-65H,3-29,32-35,37,39-42H2,1-2H3,(H,56,60)/b31-30+,38-36+. The van der Waals surface area contributed by atoms with Crippen molar-refractivity contribution in [1.29, 1.82) is 0 Å². The van der Waals surface area contributed by atoms with Crippen molar-refractivity contribution in [3.63, 3.8) is 0 Å². The molecule has 1 amide bonds. The third-order valence-corrected chi connectivity index (χ3v) is 13.9. The van der Waals surface area contributed by atoms with Crippen LogP contribution in [0.25, 0.3) is 0 Å². The molecular formula is C55H103NO13. The van der Waals surface area contributed by atoms with E-state index in [1.165, 1.54) is 161 Å². The molecule has 0 radical (unpaired) electrons. The summed E-state index contributed by atoms with van der Waals surface area (Å²) >= 11 is 0. The van der Waals surface area contributed by atoms with Gasteiger partial charge in [-0.25, -0.2) is 0 Å². The number of ether oxygens (including phenoxy) is 4. The number of amides is 1. The zero-order valence-electron chi connectivity index (χ0n) is 43.3. The Morgan fingerprint density at radius 1 is 0.507 bits per heavy atom. The number of carbonyl (C=O) groups excluding carboxylic acids is 1. The topological polar surface area (TPSA) is 228 Å². The Morgan fingerprint density at radius 3 is 1.42 bits per heavy atom. The van der Waals surface area contributed by atoms with Crippen molar-refractivity contribution >= 4 is 5.91 Å². The number of rotatable bonds is 44. The summed E-state index contributed by atoms with van der Waals surface area (Å²) in [6, 6.07) is -0.925. The van der Waals surface area contributed by atoms with Gasteiger partial charge in [0.1, 0.15) is 48.8 Å². The second-order valence-electron chi connectivity index (χ2n) is 20.1. The first-order valence-electron chi connectivity index (χ1n) is 28.1. The van der Waals surface area contributed by atoms with Gasteiger partial charge in [0.25, 0.3) is 0 Å². The Bertz CT molecular complexity index is 1260. The predicted molar refractivity (Wildman–Crippen MR) is 272 cm³/mol. The number of aliphatic hydroxyl groups is 8. The number of nitrogens with one attached hydrogen (secondary N) is 1. The summed E-state index contributed by atoms with van der Waals surface area (Å²) < 4.78 is 22.7. The Balaban J connectivity index is 1.71. The highest BCUT2D eigenvalue weighted by atomic mass is 16.7. The normalized spacial score (nSPS) is 26.3. The molecule has 12 unspecified atom stereocenters. The van der Waals surface area contributed by atoms with Crippen LogP contribution in [0.2, 0.25) is 0 Å². The van der Waals surface area contributed by atoms with Crippen LogP contribution in [-0.2, 0) is 23.7 Å². The van der Waals surface area contributed by atoms with Gasteiger partial charge in [-0.2, -0.15) is 0 Å². The molecule has 2 rings (SSSR count). The summed E-state index contributed by atoms with van der Waals surface area (Å²) in [5.41, 5.74) is 0. The lowest BCUT2D eigenvalue weighted by molar-refractivity contribution is -0.359. The highest BCUT2D eigenvalue weighted by molar-refractivity contribution is 5.76. The first-order valence-corrected chi connectivity index (χ1v) is 28.1. The summed E-state index contributed by atoms with van der Waals surface area (Å²) in [5.74, 6) is -0.253. The summed E-state index contributed by atoms with van der Waals surface area (Å²) in [4.78, 5) is 13.1. The monoisotopic (exact) mass is 986 g/mol. The molecule has 2 aliphatic rings. The van der Waals surface area contributed by atoms with Crippen molar-refractivity contribution in [1.82, 2.24) is 5.32 Å². The van der Waals surface area contributed by atoms with Crippen molar-refractivity contribution < 1.29 is 64.6 Å². The van der Waals surface area contributed by atoms with Crippen molar-refractivity contribution in [3.05, 3.63) is 24.3 Å². The SMILES string of the molecule is CCCCCCCCCCCCCCCCCCCCCCC/C=C/CC/C=C/C(O)C(COC1OC(CO)C(OC2OC(CO)C(O)C(O)C2O)C(O)C1O)NC(=O)CCCCCCCCCC. The van der Waals surface area contributed by atoms with Crippen molar-refractivity contribution in [2.24, 2.45) is 0 Å². The fourth-order valence-corrected chi connectivity index (χ4v) is 9.31. The van der Waals surface area contributed by atoms with Crippen LogP contribution in [0.1, 0.15) is 226 Å². The van der Waals surface area contributed by atoms with Gasteiger partial charge >= 0.3 is 0 Å². The Hall–Kier alpha value is -1.53. The third kappa shape index (κ3) is 28.5. The number of allylic oxidation sites excluding steroid dienone is 3. The summed E-state index contributed by atoms with van der Waals surface area (Å²) in [6.45, 7) is 2.74. The minimum Gasteiger partial charge on any atom is -0.394 e. The fraction of sp³-hybridized carbons (Fsp3) is 0.909. The van der Waals surface area contributed by atoms with Crippen molar-refractivity contribution in [3.8, 4) is 0 Å². The van der Waals surface area contributed by atoms with Crippen LogP contribution in [0.5, 0.6) is 0 Å². The molecule has 14 heteroatoms. The van der Waals surface area contributed by atoms with Gasteiger partial charge in [0, 0.05) is 6.42 Å². The number of aliphatic hydroxyl groups excluding tert-OH is 8. The van der Waals surface area contributed by atoms with Crippen LogP contribution < -0.4 is 5.32 Å². The fourth-order valence-electron chi connectivity index (χ4n) is 9.31. The molecule has 2 saturated heterocycles. The van der Waals surface area contributed by atoms with Gasteiger partial charge < -0.3 is 65.1 Å². The van der Waals surface area contributed by atoms with E-state index in [1.807, 2.05) is 6.08 Å². The van der Waals surface area contributed by atoms with Crippen LogP contribution in [-0.4, -0.2) is 140 Å². The minimum absolute atomic E-state index is 0.253. The van der Waals surface area contributed by atoms with Gasteiger partial charge in [0.2, 0.25) is 5.91 Å². The average Bonchev–Trinajstić information content (AvgIpc) is 3.35. The number of hydrogen-bond donors (Lipinski definition) is 9. The molecule has 0 bridgehead atoms. The van der Waals surface area contributed by atoms with Gasteiger partial charge in [-0.1, -0.05) is 212 Å². The molecule has 2 aliphatic heterocycles. The lowest BCUT2D eigenvalue weighted by Gasteiger charge is -2.46. The highest BCUT2D eigenvalue weighted by Crippen LogP contribution is 2.30. The Morgan fingerprint density at radius 2 is 0.928 bits per heavy atom. The molecule has 0 aromatic rings. The third-order valence-electron chi connectivity index (χ3n) is 13.9. The van der Waals surface area contributed by atoms with E-state index in [1.54, 1.807) is 6.08 Å². The molecule has 69 heavy (non-hydrogen) atoms. The van der Waals surface area contributed by atoms with E-state index in [-0.39, 0.29) is 18.9 Å². The van der Waals surface area contributed by atoms with E-state index < -0.39 is 86.8 Å². The Kier molecular flexibility index (Phi) is 38.6. The molecule has 0 aliphatic carbocycles. The van der Waals surface area contributed by atoms with Gasteiger partial charge in [-0.3, -0.25) is 4.79 Å². The van der Waals surface area contributed by atoms with E-state index in [0.29, 0.717) is 12.8 Å². The predicted octanol–water partition coefficient (Wildman–Crippen LogP) is 8.50. The second kappa shape index (κ2) is 41.9. The molecular weight excluding hydrogens is 883 g/mol. The Labute approximate surface area is 418 Å². The highest BCUT2D eigenvalue weighted by Gasteiger charge is 2.51. The van der Waals surface area contributed by atoms with Gasteiger partial charge in [-0.15, -0.1) is 0 Å². The molecule has 2 fully saturated rings. The van der Waals surface area contributed by atoms with Crippen LogP contribution in [0.4, 0.5) is 0 Å². The number of carbonyl (C=O) groups is 1. The molecule has 2 heterocycles. The molecule has 9 N–H and O–H groups in total. The zero-order chi connectivity index (χ0) is 50.3. The van der Waals surface area contributed by atoms with E-state index in [2.05, 4.69) is 31.3 Å². The molecule has 0 saturated carbocycles. The van der Waals surface area contributed by atoms with E-state index in [9.17, 15) is 45.6 Å². The molecule has 406 valence electrons. The lowest BCUT2D eigenvalue weighted by Crippen LogP contribution is -2.65. The summed E-state index contributed by atoms with van der Waals surface area (Å²) in [5, 5.41) is 86.6. The van der Waals surface area contributed by atoms with Gasteiger partial charge in [-0.05, 0) is 32.1 Å². The molecule has 14 nitrogen and oxygen atoms in total. The van der Waals surface area contributed by atoms with Crippen LogP contribution in [0.15, 0.2) is 24.3 Å². The van der Waals surface area contributed by atoms with Gasteiger partial charge in [0.15, 0.2) is 12.6 Å². The number of unbranched alkanes of at least 4 members (excludes halogenated alkanes) is 29. The molecule has 0 spiro atoms.